The zero-order valence-corrected chi connectivity index (χ0v) is 22.3. The van der Waals surface area contributed by atoms with Crippen LogP contribution in [0.25, 0.3) is 0 Å². The van der Waals surface area contributed by atoms with Crippen molar-refractivity contribution in [2.24, 2.45) is 0 Å². The van der Waals surface area contributed by atoms with Crippen LogP contribution < -0.4 is 19.5 Å². The van der Waals surface area contributed by atoms with Crippen LogP contribution in [0.4, 0.5) is 0 Å². The topological polar surface area (TPSA) is 83.1 Å². The van der Waals surface area contributed by atoms with Crippen molar-refractivity contribution in [3.63, 3.8) is 0 Å². The van der Waals surface area contributed by atoms with Crippen molar-refractivity contribution in [1.29, 1.82) is 0 Å². The zero-order chi connectivity index (χ0) is 26.7. The molecule has 37 heavy (non-hydrogen) atoms. The molecule has 196 valence electrons. The number of methoxy groups -OCH3 is 3. The molecule has 2 aromatic rings. The predicted molar refractivity (Wildman–Crippen MR) is 141 cm³/mol. The third-order valence-corrected chi connectivity index (χ3v) is 7.26. The zero-order valence-electron chi connectivity index (χ0n) is 22.3. The molecule has 1 N–H and O–H groups in total. The van der Waals surface area contributed by atoms with Gasteiger partial charge < -0.3 is 24.3 Å². The van der Waals surface area contributed by atoms with Gasteiger partial charge in [0.25, 0.3) is 0 Å². The van der Waals surface area contributed by atoms with Gasteiger partial charge in [0, 0.05) is 29.0 Å². The van der Waals surface area contributed by atoms with Crippen LogP contribution in [0.15, 0.2) is 65.0 Å². The summed E-state index contributed by atoms with van der Waals surface area (Å²) in [5.41, 5.74) is 4.32. The van der Waals surface area contributed by atoms with E-state index >= 15 is 0 Å². The Kier molecular flexibility index (Phi) is 7.91. The Morgan fingerprint density at radius 3 is 2.38 bits per heavy atom. The number of carbonyl (C=O) groups excluding carboxylic acids is 2. The third-order valence-electron chi connectivity index (χ3n) is 7.26. The van der Waals surface area contributed by atoms with E-state index in [4.69, 9.17) is 18.9 Å². The van der Waals surface area contributed by atoms with Crippen LogP contribution in [0.5, 0.6) is 17.2 Å². The van der Waals surface area contributed by atoms with Gasteiger partial charge in [-0.15, -0.1) is 0 Å². The smallest absolute Gasteiger partial charge is 0.337 e. The number of hydrogen-bond acceptors (Lipinski definition) is 7. The van der Waals surface area contributed by atoms with Crippen LogP contribution in [-0.4, -0.2) is 39.2 Å². The van der Waals surface area contributed by atoms with Crippen molar-refractivity contribution in [3.05, 3.63) is 76.1 Å². The van der Waals surface area contributed by atoms with Crippen LogP contribution in [0.3, 0.4) is 0 Å². The number of hydrogen-bond donors (Lipinski definition) is 1. The molecule has 7 heteroatoms. The number of esters is 1. The quantitative estimate of drug-likeness (QED) is 0.480. The Labute approximate surface area is 218 Å². The van der Waals surface area contributed by atoms with E-state index in [0.29, 0.717) is 53.4 Å². The number of rotatable bonds is 8. The number of allylic oxidation sites excluding steroid dienone is 3. The first kappa shape index (κ1) is 26.3. The largest absolute Gasteiger partial charge is 0.496 e. The monoisotopic (exact) mass is 505 g/mol. The van der Waals surface area contributed by atoms with E-state index in [0.717, 1.165) is 16.8 Å². The lowest BCUT2D eigenvalue weighted by atomic mass is 9.71. The van der Waals surface area contributed by atoms with E-state index in [1.165, 1.54) is 0 Å². The number of carbonyl (C=O) groups is 2. The maximum absolute atomic E-state index is 13.9. The molecule has 0 aromatic heterocycles. The molecule has 4 rings (SSSR count). The number of Topliss-reactive ketones (excluding diaryl/α,β-unsaturated/α-hetero) is 1. The summed E-state index contributed by atoms with van der Waals surface area (Å²) < 4.78 is 22.3. The van der Waals surface area contributed by atoms with Gasteiger partial charge in [-0.25, -0.2) is 4.79 Å². The molecule has 1 heterocycles. The first-order valence-electron chi connectivity index (χ1n) is 12.6. The minimum absolute atomic E-state index is 0.00854. The summed E-state index contributed by atoms with van der Waals surface area (Å²) >= 11 is 0. The summed E-state index contributed by atoms with van der Waals surface area (Å²) in [7, 11) is 4.79. The molecule has 3 atom stereocenters. The van der Waals surface area contributed by atoms with Crippen LogP contribution in [0.2, 0.25) is 0 Å². The van der Waals surface area contributed by atoms with Crippen molar-refractivity contribution in [2.45, 2.75) is 58.0 Å². The molecule has 0 saturated heterocycles. The average molecular weight is 506 g/mol. The molecular weight excluding hydrogens is 470 g/mol. The van der Waals surface area contributed by atoms with Gasteiger partial charge in [-0.3, -0.25) is 4.79 Å². The lowest BCUT2D eigenvalue weighted by molar-refractivity contribution is -0.144. The van der Waals surface area contributed by atoms with E-state index in [-0.39, 0.29) is 17.8 Å². The standard InChI is InChI=1S/C30H35NO6/c1-7-17(2)37-30(33)27-18(3)31-22-14-20(19-12-13-25(35-5)26(16-19)36-6)15-23(32)29(22)28(27)21-10-8-9-11-24(21)34-4/h8-13,16-17,20,28,31H,7,14-15H2,1-6H3/t17-,20-,28+/m1/s1. The molecule has 0 fully saturated rings. The van der Waals surface area contributed by atoms with Crippen molar-refractivity contribution < 1.29 is 28.5 Å². The Bertz CT molecular complexity index is 1260. The number of ketones is 1. The van der Waals surface area contributed by atoms with Crippen LogP contribution in [0.1, 0.15) is 63.0 Å². The molecule has 0 unspecified atom stereocenters. The first-order valence-corrected chi connectivity index (χ1v) is 12.6. The van der Waals surface area contributed by atoms with E-state index in [1.54, 1.807) is 21.3 Å². The number of nitrogens with one attached hydrogen (secondary N) is 1. The maximum atomic E-state index is 13.9. The number of benzene rings is 2. The molecule has 1 aliphatic heterocycles. The second-order valence-corrected chi connectivity index (χ2v) is 9.50. The van der Waals surface area contributed by atoms with E-state index in [9.17, 15) is 9.59 Å². The predicted octanol–water partition coefficient (Wildman–Crippen LogP) is 5.42. The summed E-state index contributed by atoms with van der Waals surface area (Å²) in [4.78, 5) is 27.3. The highest BCUT2D eigenvalue weighted by Crippen LogP contribution is 2.48. The van der Waals surface area contributed by atoms with E-state index < -0.39 is 11.9 Å². The van der Waals surface area contributed by atoms with Crippen molar-refractivity contribution in [3.8, 4) is 17.2 Å². The van der Waals surface area contributed by atoms with E-state index in [2.05, 4.69) is 5.32 Å². The van der Waals surface area contributed by atoms with Gasteiger partial charge in [0.2, 0.25) is 0 Å². The van der Waals surface area contributed by atoms with Gasteiger partial charge in [0.15, 0.2) is 17.3 Å². The average Bonchev–Trinajstić information content (AvgIpc) is 2.91. The molecule has 0 saturated carbocycles. The SMILES string of the molecule is CC[C@@H](C)OC(=O)C1=C(C)NC2=C(C(=O)C[C@H](c3ccc(OC)c(OC)c3)C2)[C@H]1c1ccccc1OC. The van der Waals surface area contributed by atoms with Gasteiger partial charge >= 0.3 is 5.97 Å². The molecule has 0 radical (unpaired) electrons. The summed E-state index contributed by atoms with van der Waals surface area (Å²) in [5, 5.41) is 3.40. The Morgan fingerprint density at radius 1 is 1.00 bits per heavy atom. The molecule has 2 aromatic carbocycles. The fraction of sp³-hybridized carbons (Fsp3) is 0.400. The summed E-state index contributed by atoms with van der Waals surface area (Å²) in [5.74, 6) is 0.839. The highest BCUT2D eigenvalue weighted by molar-refractivity contribution is 6.04. The van der Waals surface area contributed by atoms with Crippen LogP contribution >= 0.6 is 0 Å². The van der Waals surface area contributed by atoms with Crippen molar-refractivity contribution >= 4 is 11.8 Å². The Balaban J connectivity index is 1.79. The second-order valence-electron chi connectivity index (χ2n) is 9.50. The fourth-order valence-electron chi connectivity index (χ4n) is 5.20. The van der Waals surface area contributed by atoms with Gasteiger partial charge in [0.05, 0.1) is 38.9 Å². The highest BCUT2D eigenvalue weighted by Gasteiger charge is 2.42. The second kappa shape index (κ2) is 11.1. The Morgan fingerprint density at radius 2 is 1.70 bits per heavy atom. The molecule has 0 bridgehead atoms. The van der Waals surface area contributed by atoms with Gasteiger partial charge in [-0.05, 0) is 56.4 Å². The Hall–Kier alpha value is -3.74. The molecule has 7 nitrogen and oxygen atoms in total. The lowest BCUT2D eigenvalue weighted by Gasteiger charge is -2.37. The van der Waals surface area contributed by atoms with Crippen molar-refractivity contribution in [1.82, 2.24) is 5.32 Å². The number of dihydropyridines is 1. The number of para-hydroxylation sites is 1. The summed E-state index contributed by atoms with van der Waals surface area (Å²) in [6.45, 7) is 5.70. The van der Waals surface area contributed by atoms with Crippen LogP contribution in [0, 0.1) is 0 Å². The molecule has 1 aliphatic carbocycles. The van der Waals surface area contributed by atoms with Gasteiger partial charge in [0.1, 0.15) is 5.75 Å². The fourth-order valence-corrected chi connectivity index (χ4v) is 5.20. The van der Waals surface area contributed by atoms with Gasteiger partial charge in [-0.1, -0.05) is 31.2 Å². The highest BCUT2D eigenvalue weighted by atomic mass is 16.5. The third kappa shape index (κ3) is 5.08. The van der Waals surface area contributed by atoms with Crippen LogP contribution in [-0.2, 0) is 14.3 Å². The number of ether oxygens (including phenoxy) is 4. The molecule has 2 aliphatic rings. The van der Waals surface area contributed by atoms with E-state index in [1.807, 2.05) is 63.2 Å². The lowest BCUT2D eigenvalue weighted by Crippen LogP contribution is -2.36. The molecule has 0 amide bonds. The molecular formula is C30H35NO6. The minimum Gasteiger partial charge on any atom is -0.496 e. The normalized spacial score (nSPS) is 20.1. The minimum atomic E-state index is -0.581. The maximum Gasteiger partial charge on any atom is 0.337 e. The summed E-state index contributed by atoms with van der Waals surface area (Å²) in [6, 6.07) is 13.3. The van der Waals surface area contributed by atoms with Gasteiger partial charge in [-0.2, -0.15) is 0 Å². The summed E-state index contributed by atoms with van der Waals surface area (Å²) in [6.07, 6.45) is 1.39. The molecule has 0 spiro atoms. The first-order chi connectivity index (χ1) is 17.8. The van der Waals surface area contributed by atoms with Crippen molar-refractivity contribution in [2.75, 3.05) is 21.3 Å².